The van der Waals surface area contributed by atoms with Crippen LogP contribution in [0.3, 0.4) is 0 Å². The van der Waals surface area contributed by atoms with E-state index < -0.39 is 0 Å². The van der Waals surface area contributed by atoms with Gasteiger partial charge in [0.05, 0.1) is 30.5 Å². The Balaban J connectivity index is 1.34. The quantitative estimate of drug-likeness (QED) is 0.709. The molecule has 1 aromatic rings. The number of benzene rings is 1. The highest BCUT2D eigenvalue weighted by atomic mass is 35.5. The molecule has 162 valence electrons. The highest BCUT2D eigenvalue weighted by molar-refractivity contribution is 6.34. The van der Waals surface area contributed by atoms with E-state index >= 15 is 0 Å². The summed E-state index contributed by atoms with van der Waals surface area (Å²) in [6.07, 6.45) is 1.32. The van der Waals surface area contributed by atoms with E-state index in [4.69, 9.17) is 16.3 Å². The predicted octanol–water partition coefficient (Wildman–Crippen LogP) is 1.08. The van der Waals surface area contributed by atoms with Gasteiger partial charge in [0.2, 0.25) is 11.8 Å². The Morgan fingerprint density at radius 3 is 2.37 bits per heavy atom. The molecule has 1 aromatic carbocycles. The summed E-state index contributed by atoms with van der Waals surface area (Å²) in [6.45, 7) is 5.95. The van der Waals surface area contributed by atoms with Gasteiger partial charge in [-0.1, -0.05) is 11.6 Å². The molecule has 0 aliphatic carbocycles. The molecule has 0 unspecified atom stereocenters. The number of rotatable bonds is 4. The second kappa shape index (κ2) is 9.32. The standard InChI is InChI=1S/C21H27ClN4O4/c22-17-4-3-16(14-18(17)26-5-1-2-19(26)27)21(29)25-8-6-23(7-9-25)15-20(28)24-10-12-30-13-11-24/h3-4,14H,1-2,5-13,15H2. The molecule has 9 heteroatoms. The molecule has 0 bridgehead atoms. The Hall–Kier alpha value is -2.16. The summed E-state index contributed by atoms with van der Waals surface area (Å²) in [5.74, 6) is 0.0921. The molecule has 3 aliphatic rings. The molecular weight excluding hydrogens is 408 g/mol. The molecule has 30 heavy (non-hydrogen) atoms. The number of piperazine rings is 1. The van der Waals surface area contributed by atoms with Crippen LogP contribution >= 0.6 is 11.6 Å². The molecule has 0 aromatic heterocycles. The summed E-state index contributed by atoms with van der Waals surface area (Å²) in [7, 11) is 0. The molecule has 3 saturated heterocycles. The van der Waals surface area contributed by atoms with E-state index in [1.54, 1.807) is 28.0 Å². The maximum Gasteiger partial charge on any atom is 0.254 e. The first-order chi connectivity index (χ1) is 14.5. The van der Waals surface area contributed by atoms with Gasteiger partial charge in [-0.2, -0.15) is 0 Å². The Morgan fingerprint density at radius 2 is 1.70 bits per heavy atom. The van der Waals surface area contributed by atoms with E-state index in [2.05, 4.69) is 4.90 Å². The van der Waals surface area contributed by atoms with Crippen LogP contribution in [0.15, 0.2) is 18.2 Å². The Bertz CT molecular complexity index is 819. The molecule has 8 nitrogen and oxygen atoms in total. The minimum atomic E-state index is -0.0706. The number of morpholine rings is 1. The van der Waals surface area contributed by atoms with Crippen LogP contribution in [0, 0.1) is 0 Å². The highest BCUT2D eigenvalue weighted by Crippen LogP contribution is 2.30. The first kappa shape index (κ1) is 21.1. The number of halogens is 1. The normalized spacial score (nSPS) is 20.7. The van der Waals surface area contributed by atoms with Gasteiger partial charge in [0, 0.05) is 57.8 Å². The molecule has 0 radical (unpaired) electrons. The number of hydrogen-bond donors (Lipinski definition) is 0. The third-order valence-corrected chi connectivity index (χ3v) is 6.26. The molecule has 3 heterocycles. The molecule has 3 aliphatic heterocycles. The Labute approximate surface area is 181 Å². The SMILES string of the molecule is O=C(CN1CCN(C(=O)c2ccc(Cl)c(N3CCCC3=O)c2)CC1)N1CCOCC1. The van der Waals surface area contributed by atoms with Crippen LogP contribution in [0.2, 0.25) is 5.02 Å². The summed E-state index contributed by atoms with van der Waals surface area (Å²) in [4.78, 5) is 44.9. The van der Waals surface area contributed by atoms with Crippen molar-refractivity contribution in [2.24, 2.45) is 0 Å². The van der Waals surface area contributed by atoms with Gasteiger partial charge >= 0.3 is 0 Å². The van der Waals surface area contributed by atoms with E-state index in [1.807, 2.05) is 4.90 Å². The van der Waals surface area contributed by atoms with Crippen molar-refractivity contribution in [1.29, 1.82) is 0 Å². The summed E-state index contributed by atoms with van der Waals surface area (Å²) in [5.41, 5.74) is 1.15. The molecule has 0 N–H and O–H groups in total. The van der Waals surface area contributed by atoms with Crippen LogP contribution in [0.4, 0.5) is 5.69 Å². The topological polar surface area (TPSA) is 73.4 Å². The lowest BCUT2D eigenvalue weighted by atomic mass is 10.1. The van der Waals surface area contributed by atoms with E-state index in [0.717, 1.165) is 6.42 Å². The van der Waals surface area contributed by atoms with Crippen molar-refractivity contribution < 1.29 is 19.1 Å². The highest BCUT2D eigenvalue weighted by Gasteiger charge is 2.28. The summed E-state index contributed by atoms with van der Waals surface area (Å²) in [5, 5.41) is 0.480. The van der Waals surface area contributed by atoms with Crippen LogP contribution in [0.1, 0.15) is 23.2 Å². The second-order valence-electron chi connectivity index (χ2n) is 7.88. The fourth-order valence-corrected chi connectivity index (χ4v) is 4.37. The number of hydrogen-bond acceptors (Lipinski definition) is 5. The van der Waals surface area contributed by atoms with E-state index in [0.29, 0.717) is 88.3 Å². The van der Waals surface area contributed by atoms with Crippen LogP contribution < -0.4 is 4.90 Å². The van der Waals surface area contributed by atoms with Crippen LogP contribution in [0.5, 0.6) is 0 Å². The smallest absolute Gasteiger partial charge is 0.254 e. The van der Waals surface area contributed by atoms with Crippen molar-refractivity contribution in [2.45, 2.75) is 12.8 Å². The average molecular weight is 435 g/mol. The molecule has 3 fully saturated rings. The first-order valence-electron chi connectivity index (χ1n) is 10.5. The maximum atomic E-state index is 13.0. The van der Waals surface area contributed by atoms with Gasteiger partial charge < -0.3 is 19.4 Å². The minimum Gasteiger partial charge on any atom is -0.378 e. The number of nitrogens with zero attached hydrogens (tertiary/aromatic N) is 4. The molecule has 0 spiro atoms. The third kappa shape index (κ3) is 4.61. The van der Waals surface area contributed by atoms with Crippen molar-refractivity contribution in [3.63, 3.8) is 0 Å². The summed E-state index contributed by atoms with van der Waals surface area (Å²) >= 11 is 6.29. The van der Waals surface area contributed by atoms with E-state index in [-0.39, 0.29) is 17.7 Å². The predicted molar refractivity (Wildman–Crippen MR) is 113 cm³/mol. The van der Waals surface area contributed by atoms with Gasteiger partial charge in [-0.15, -0.1) is 0 Å². The number of anilines is 1. The lowest BCUT2D eigenvalue weighted by molar-refractivity contribution is -0.136. The van der Waals surface area contributed by atoms with Crippen molar-refractivity contribution >= 4 is 35.0 Å². The lowest BCUT2D eigenvalue weighted by Gasteiger charge is -2.36. The first-order valence-corrected chi connectivity index (χ1v) is 10.9. The minimum absolute atomic E-state index is 0.0417. The average Bonchev–Trinajstić information content (AvgIpc) is 3.20. The van der Waals surface area contributed by atoms with Crippen molar-refractivity contribution in [2.75, 3.05) is 70.5 Å². The van der Waals surface area contributed by atoms with Gasteiger partial charge in [-0.3, -0.25) is 19.3 Å². The molecule has 0 saturated carbocycles. The van der Waals surface area contributed by atoms with Gasteiger partial charge in [0.15, 0.2) is 0 Å². The maximum absolute atomic E-state index is 13.0. The van der Waals surface area contributed by atoms with Crippen molar-refractivity contribution in [3.05, 3.63) is 28.8 Å². The number of amides is 3. The van der Waals surface area contributed by atoms with E-state index in [9.17, 15) is 14.4 Å². The van der Waals surface area contributed by atoms with Crippen molar-refractivity contribution in [3.8, 4) is 0 Å². The lowest BCUT2D eigenvalue weighted by Crippen LogP contribution is -2.52. The van der Waals surface area contributed by atoms with Gasteiger partial charge in [-0.05, 0) is 24.6 Å². The second-order valence-corrected chi connectivity index (χ2v) is 8.28. The number of carbonyl (C=O) groups is 3. The largest absolute Gasteiger partial charge is 0.378 e. The molecule has 0 atom stereocenters. The number of carbonyl (C=O) groups excluding carboxylic acids is 3. The van der Waals surface area contributed by atoms with Gasteiger partial charge in [0.25, 0.3) is 5.91 Å². The molecule has 4 rings (SSSR count). The zero-order valence-electron chi connectivity index (χ0n) is 17.0. The zero-order chi connectivity index (χ0) is 21.1. The third-order valence-electron chi connectivity index (χ3n) is 5.94. The van der Waals surface area contributed by atoms with Gasteiger partial charge in [-0.25, -0.2) is 0 Å². The van der Waals surface area contributed by atoms with Crippen LogP contribution in [-0.2, 0) is 14.3 Å². The molecular formula is C21H27ClN4O4. The van der Waals surface area contributed by atoms with Crippen LogP contribution in [-0.4, -0.2) is 98.0 Å². The fourth-order valence-electron chi connectivity index (χ4n) is 4.15. The Morgan fingerprint density at radius 1 is 0.967 bits per heavy atom. The monoisotopic (exact) mass is 434 g/mol. The van der Waals surface area contributed by atoms with Gasteiger partial charge in [0.1, 0.15) is 0 Å². The van der Waals surface area contributed by atoms with E-state index in [1.165, 1.54) is 0 Å². The zero-order valence-corrected chi connectivity index (χ0v) is 17.8. The molecule has 3 amide bonds. The van der Waals surface area contributed by atoms with Crippen LogP contribution in [0.25, 0.3) is 0 Å². The van der Waals surface area contributed by atoms with Crippen molar-refractivity contribution in [1.82, 2.24) is 14.7 Å². The summed E-state index contributed by atoms with van der Waals surface area (Å²) < 4.78 is 5.29. The summed E-state index contributed by atoms with van der Waals surface area (Å²) in [6, 6.07) is 5.12. The Kier molecular flexibility index (Phi) is 6.55. The fraction of sp³-hybridized carbons (Fsp3) is 0.571. The number of ether oxygens (including phenoxy) is 1.